The Labute approximate surface area is 134 Å². The van der Waals surface area contributed by atoms with E-state index in [0.717, 1.165) is 5.56 Å². The van der Waals surface area contributed by atoms with Crippen molar-refractivity contribution in [2.45, 2.75) is 11.8 Å². The molecule has 0 atom stereocenters. The third kappa shape index (κ3) is 3.65. The molecule has 1 heterocycles. The lowest BCUT2D eigenvalue weighted by molar-refractivity contribution is 0.274. The summed E-state index contributed by atoms with van der Waals surface area (Å²) in [5.74, 6) is 0. The summed E-state index contributed by atoms with van der Waals surface area (Å²) in [5.41, 5.74) is 0.988. The lowest BCUT2D eigenvalue weighted by Gasteiger charge is -2.32. The van der Waals surface area contributed by atoms with Gasteiger partial charge in [-0.3, -0.25) is 0 Å². The SMILES string of the molecule is Cc1ccc(S(=O)(=O)N2CCN(S(=O)(=O)CBr)CC2)cc1. The van der Waals surface area contributed by atoms with Gasteiger partial charge in [0.05, 0.1) is 4.90 Å². The highest BCUT2D eigenvalue weighted by Gasteiger charge is 2.32. The van der Waals surface area contributed by atoms with Crippen molar-refractivity contribution < 1.29 is 16.8 Å². The second kappa shape index (κ2) is 6.33. The minimum atomic E-state index is -3.55. The number of piperazine rings is 1. The van der Waals surface area contributed by atoms with E-state index >= 15 is 0 Å². The Morgan fingerprint density at radius 3 is 1.90 bits per heavy atom. The van der Waals surface area contributed by atoms with E-state index in [0.29, 0.717) is 0 Å². The fraction of sp³-hybridized carbons (Fsp3) is 0.500. The molecule has 1 aromatic carbocycles. The second-order valence-corrected chi connectivity index (χ2v) is 10.0. The van der Waals surface area contributed by atoms with Gasteiger partial charge in [0.15, 0.2) is 0 Å². The Morgan fingerprint density at radius 2 is 1.43 bits per heavy atom. The minimum Gasteiger partial charge on any atom is -0.211 e. The number of hydrogen-bond acceptors (Lipinski definition) is 4. The molecular formula is C12H17BrN2O4S2. The van der Waals surface area contributed by atoms with Crippen LogP contribution in [0, 0.1) is 6.92 Å². The van der Waals surface area contributed by atoms with Crippen LogP contribution in [-0.2, 0) is 20.0 Å². The molecule has 6 nitrogen and oxygen atoms in total. The van der Waals surface area contributed by atoms with Gasteiger partial charge in [0.1, 0.15) is 4.66 Å². The van der Waals surface area contributed by atoms with Gasteiger partial charge in [-0.15, -0.1) is 0 Å². The molecule has 0 aromatic heterocycles. The summed E-state index contributed by atoms with van der Waals surface area (Å²) in [6, 6.07) is 6.65. The van der Waals surface area contributed by atoms with E-state index in [1.165, 1.54) is 8.61 Å². The molecule has 0 spiro atoms. The number of alkyl halides is 1. The molecule has 118 valence electrons. The number of benzene rings is 1. The Balaban J connectivity index is 2.13. The number of hydrogen-bond donors (Lipinski definition) is 0. The van der Waals surface area contributed by atoms with Crippen LogP contribution < -0.4 is 0 Å². The second-order valence-electron chi connectivity index (χ2n) is 4.84. The Hall–Kier alpha value is -0.480. The van der Waals surface area contributed by atoms with Crippen molar-refractivity contribution in [3.63, 3.8) is 0 Å². The largest absolute Gasteiger partial charge is 0.243 e. The first-order chi connectivity index (χ1) is 9.77. The van der Waals surface area contributed by atoms with E-state index in [1.807, 2.05) is 6.92 Å². The Morgan fingerprint density at radius 1 is 0.952 bits per heavy atom. The summed E-state index contributed by atoms with van der Waals surface area (Å²) in [6.45, 7) is 2.59. The average Bonchev–Trinajstić information content (AvgIpc) is 2.48. The van der Waals surface area contributed by atoms with Crippen LogP contribution in [0.25, 0.3) is 0 Å². The lowest BCUT2D eigenvalue weighted by Crippen LogP contribution is -2.50. The molecule has 0 N–H and O–H groups in total. The predicted molar refractivity (Wildman–Crippen MR) is 84.2 cm³/mol. The topological polar surface area (TPSA) is 74.8 Å². The van der Waals surface area contributed by atoms with Crippen LogP contribution in [0.3, 0.4) is 0 Å². The molecule has 0 radical (unpaired) electrons. The molecule has 0 amide bonds. The molecular weight excluding hydrogens is 380 g/mol. The van der Waals surface area contributed by atoms with Crippen LogP contribution in [-0.4, -0.2) is 56.3 Å². The van der Waals surface area contributed by atoms with Gasteiger partial charge in [-0.1, -0.05) is 33.6 Å². The Bertz CT molecular complexity index is 693. The van der Waals surface area contributed by atoms with Crippen molar-refractivity contribution in [3.8, 4) is 0 Å². The Kier molecular flexibility index (Phi) is 5.09. The van der Waals surface area contributed by atoms with Gasteiger partial charge in [0, 0.05) is 26.2 Å². The van der Waals surface area contributed by atoms with Gasteiger partial charge in [-0.25, -0.2) is 16.8 Å². The molecule has 1 fully saturated rings. The summed E-state index contributed by atoms with van der Waals surface area (Å²) in [5, 5.41) is 0. The minimum absolute atomic E-state index is 0.148. The van der Waals surface area contributed by atoms with Crippen LogP contribution in [0.15, 0.2) is 29.2 Å². The van der Waals surface area contributed by atoms with E-state index in [1.54, 1.807) is 24.3 Å². The fourth-order valence-electron chi connectivity index (χ4n) is 2.12. The summed E-state index contributed by atoms with van der Waals surface area (Å²) < 4.78 is 50.9. The molecule has 0 bridgehead atoms. The van der Waals surface area contributed by atoms with Gasteiger partial charge in [0.2, 0.25) is 20.0 Å². The van der Waals surface area contributed by atoms with Crippen LogP contribution >= 0.6 is 15.9 Å². The maximum atomic E-state index is 12.5. The summed E-state index contributed by atoms with van der Waals surface area (Å²) >= 11 is 2.94. The fourth-order valence-corrected chi connectivity index (χ4v) is 5.27. The molecule has 1 aliphatic heterocycles. The van der Waals surface area contributed by atoms with Crippen molar-refractivity contribution in [2.24, 2.45) is 0 Å². The monoisotopic (exact) mass is 396 g/mol. The van der Waals surface area contributed by atoms with E-state index < -0.39 is 20.0 Å². The zero-order valence-corrected chi connectivity index (χ0v) is 14.8. The molecule has 0 saturated carbocycles. The maximum absolute atomic E-state index is 12.5. The van der Waals surface area contributed by atoms with E-state index in [9.17, 15) is 16.8 Å². The lowest BCUT2D eigenvalue weighted by atomic mass is 10.2. The number of rotatable bonds is 4. The third-order valence-corrected chi connectivity index (χ3v) is 8.46. The molecule has 0 aliphatic carbocycles. The first-order valence-electron chi connectivity index (χ1n) is 6.38. The van der Waals surface area contributed by atoms with Crippen molar-refractivity contribution >= 4 is 36.0 Å². The van der Waals surface area contributed by atoms with Gasteiger partial charge in [-0.05, 0) is 19.1 Å². The normalized spacial score (nSPS) is 18.8. The first-order valence-corrected chi connectivity index (χ1v) is 10.5. The van der Waals surface area contributed by atoms with Crippen molar-refractivity contribution in [1.82, 2.24) is 8.61 Å². The summed E-state index contributed by atoms with van der Waals surface area (Å²) in [4.78, 5) is 0.241. The standard InChI is InChI=1S/C12H17BrN2O4S2/c1-11-2-4-12(5-3-11)21(18,19)15-8-6-14(7-9-15)20(16,17)10-13/h2-5H,6-10H2,1H3. The van der Waals surface area contributed by atoms with Crippen molar-refractivity contribution in [2.75, 3.05) is 30.8 Å². The molecule has 2 rings (SSSR count). The van der Waals surface area contributed by atoms with Gasteiger partial charge in [-0.2, -0.15) is 8.61 Å². The highest BCUT2D eigenvalue weighted by molar-refractivity contribution is 9.10. The van der Waals surface area contributed by atoms with Gasteiger partial charge >= 0.3 is 0 Å². The van der Waals surface area contributed by atoms with E-state index in [4.69, 9.17) is 0 Å². The van der Waals surface area contributed by atoms with Gasteiger partial charge < -0.3 is 0 Å². The molecule has 9 heteroatoms. The van der Waals surface area contributed by atoms with Crippen LogP contribution in [0.4, 0.5) is 0 Å². The predicted octanol–water partition coefficient (Wildman–Crippen LogP) is 0.984. The molecule has 21 heavy (non-hydrogen) atoms. The number of nitrogens with zero attached hydrogens (tertiary/aromatic N) is 2. The summed E-state index contributed by atoms with van der Waals surface area (Å²) in [7, 11) is -6.89. The first kappa shape index (κ1) is 16.9. The quantitative estimate of drug-likeness (QED) is 0.710. The smallest absolute Gasteiger partial charge is 0.211 e. The van der Waals surface area contributed by atoms with E-state index in [2.05, 4.69) is 15.9 Å². The molecule has 1 saturated heterocycles. The van der Waals surface area contributed by atoms with Crippen LogP contribution in [0.5, 0.6) is 0 Å². The van der Waals surface area contributed by atoms with Crippen LogP contribution in [0.1, 0.15) is 5.56 Å². The number of aryl methyl sites for hydroxylation is 1. The third-order valence-electron chi connectivity index (χ3n) is 3.39. The zero-order valence-electron chi connectivity index (χ0n) is 11.6. The summed E-state index contributed by atoms with van der Waals surface area (Å²) in [6.07, 6.45) is 0. The molecule has 1 aliphatic rings. The van der Waals surface area contributed by atoms with Crippen molar-refractivity contribution in [3.05, 3.63) is 29.8 Å². The number of sulfonamides is 2. The molecule has 0 unspecified atom stereocenters. The highest BCUT2D eigenvalue weighted by atomic mass is 79.9. The highest BCUT2D eigenvalue weighted by Crippen LogP contribution is 2.19. The number of halogens is 1. The molecule has 1 aromatic rings. The van der Waals surface area contributed by atoms with Crippen molar-refractivity contribution in [1.29, 1.82) is 0 Å². The van der Waals surface area contributed by atoms with E-state index in [-0.39, 0.29) is 35.7 Å². The average molecular weight is 397 g/mol. The van der Waals surface area contributed by atoms with Gasteiger partial charge in [0.25, 0.3) is 0 Å². The zero-order chi connectivity index (χ0) is 15.7. The van der Waals surface area contributed by atoms with Crippen LogP contribution in [0.2, 0.25) is 0 Å². The maximum Gasteiger partial charge on any atom is 0.243 e.